The zero-order valence-corrected chi connectivity index (χ0v) is 11.7. The molecule has 1 heterocycles. The number of nitrogens with one attached hydrogen (secondary N) is 1. The van der Waals surface area contributed by atoms with Crippen LogP contribution in [0.25, 0.3) is 0 Å². The van der Waals surface area contributed by atoms with Crippen molar-refractivity contribution in [2.45, 2.75) is 25.9 Å². The zero-order chi connectivity index (χ0) is 14.6. The first kappa shape index (κ1) is 15.2. The summed E-state index contributed by atoms with van der Waals surface area (Å²) in [6, 6.07) is 5.37. The van der Waals surface area contributed by atoms with Crippen molar-refractivity contribution >= 4 is 5.69 Å². The molecule has 0 radical (unpaired) electrons. The molecule has 1 aromatic rings. The molecule has 1 aromatic carbocycles. The number of alkyl halides is 3. The van der Waals surface area contributed by atoms with Crippen molar-refractivity contribution in [3.8, 4) is 0 Å². The van der Waals surface area contributed by atoms with Crippen molar-refractivity contribution in [1.29, 1.82) is 0 Å². The quantitative estimate of drug-likeness (QED) is 0.904. The molecule has 1 aliphatic rings. The van der Waals surface area contributed by atoms with Crippen molar-refractivity contribution in [2.24, 2.45) is 5.92 Å². The van der Waals surface area contributed by atoms with Crippen molar-refractivity contribution in [3.63, 3.8) is 0 Å². The van der Waals surface area contributed by atoms with E-state index in [4.69, 9.17) is 0 Å². The summed E-state index contributed by atoms with van der Waals surface area (Å²) in [5.74, 6) is 0.794. The third-order valence-electron chi connectivity index (χ3n) is 3.82. The second-order valence-corrected chi connectivity index (χ2v) is 5.53. The van der Waals surface area contributed by atoms with E-state index in [1.165, 1.54) is 18.9 Å². The molecule has 5 heteroatoms. The standard InChI is InChI=1S/C15H21F3N2/c1-12-5-8-20(9-6-12)10-7-19-14-4-2-3-13(11-14)15(16,17)18/h2-4,11-12,19H,5-10H2,1H3. The van der Waals surface area contributed by atoms with Gasteiger partial charge in [0.2, 0.25) is 0 Å². The Morgan fingerprint density at radius 3 is 2.60 bits per heavy atom. The number of hydrogen-bond acceptors (Lipinski definition) is 2. The van der Waals surface area contributed by atoms with Crippen LogP contribution in [0.2, 0.25) is 0 Å². The Kier molecular flexibility index (Phi) is 4.91. The molecule has 0 aromatic heterocycles. The van der Waals surface area contributed by atoms with Gasteiger partial charge in [0.25, 0.3) is 0 Å². The van der Waals surface area contributed by atoms with Gasteiger partial charge in [0.15, 0.2) is 0 Å². The van der Waals surface area contributed by atoms with Crippen molar-refractivity contribution < 1.29 is 13.2 Å². The lowest BCUT2D eigenvalue weighted by atomic mass is 9.99. The maximum absolute atomic E-state index is 12.6. The summed E-state index contributed by atoms with van der Waals surface area (Å²) in [6.45, 7) is 5.99. The molecule has 0 spiro atoms. The van der Waals surface area contributed by atoms with E-state index in [0.717, 1.165) is 37.7 Å². The summed E-state index contributed by atoms with van der Waals surface area (Å²) >= 11 is 0. The minimum absolute atomic E-state index is 0.533. The topological polar surface area (TPSA) is 15.3 Å². The zero-order valence-electron chi connectivity index (χ0n) is 11.7. The van der Waals surface area contributed by atoms with Gasteiger partial charge >= 0.3 is 6.18 Å². The summed E-state index contributed by atoms with van der Waals surface area (Å²) < 4.78 is 37.7. The summed E-state index contributed by atoms with van der Waals surface area (Å²) in [7, 11) is 0. The lowest BCUT2D eigenvalue weighted by Gasteiger charge is -2.30. The second-order valence-electron chi connectivity index (χ2n) is 5.53. The van der Waals surface area contributed by atoms with Gasteiger partial charge < -0.3 is 10.2 Å². The molecule has 0 bridgehead atoms. The van der Waals surface area contributed by atoms with Crippen LogP contribution in [0.4, 0.5) is 18.9 Å². The highest BCUT2D eigenvalue weighted by atomic mass is 19.4. The molecule has 0 amide bonds. The molecule has 1 N–H and O–H groups in total. The largest absolute Gasteiger partial charge is 0.416 e. The highest BCUT2D eigenvalue weighted by molar-refractivity contribution is 5.46. The van der Waals surface area contributed by atoms with Gasteiger partial charge in [-0.05, 0) is 50.0 Å². The molecule has 20 heavy (non-hydrogen) atoms. The van der Waals surface area contributed by atoms with Crippen LogP contribution in [-0.4, -0.2) is 31.1 Å². The Hall–Kier alpha value is -1.23. The second kappa shape index (κ2) is 6.48. The van der Waals surface area contributed by atoms with Gasteiger partial charge in [0, 0.05) is 18.8 Å². The minimum atomic E-state index is -4.28. The molecule has 1 fully saturated rings. The minimum Gasteiger partial charge on any atom is -0.384 e. The van der Waals surface area contributed by atoms with Crippen LogP contribution >= 0.6 is 0 Å². The monoisotopic (exact) mass is 286 g/mol. The Bertz CT molecular complexity index is 423. The first-order chi connectivity index (χ1) is 9.45. The number of hydrogen-bond donors (Lipinski definition) is 1. The Morgan fingerprint density at radius 1 is 1.25 bits per heavy atom. The maximum Gasteiger partial charge on any atom is 0.416 e. The predicted molar refractivity (Wildman–Crippen MR) is 74.8 cm³/mol. The molecule has 1 aliphatic heterocycles. The molecular formula is C15H21F3N2. The number of anilines is 1. The van der Waals surface area contributed by atoms with Crippen LogP contribution in [0.3, 0.4) is 0 Å². The molecule has 0 aliphatic carbocycles. The SMILES string of the molecule is CC1CCN(CCNc2cccc(C(F)(F)F)c2)CC1. The number of likely N-dealkylation sites (tertiary alicyclic amines) is 1. The third kappa shape index (κ3) is 4.40. The number of benzene rings is 1. The fourth-order valence-corrected chi connectivity index (χ4v) is 2.45. The Balaban J connectivity index is 1.79. The van der Waals surface area contributed by atoms with Gasteiger partial charge in [-0.1, -0.05) is 13.0 Å². The molecule has 0 unspecified atom stereocenters. The number of rotatable bonds is 4. The van der Waals surface area contributed by atoms with Gasteiger partial charge in [-0.15, -0.1) is 0 Å². The summed E-state index contributed by atoms with van der Waals surface area (Å²) in [5, 5.41) is 3.07. The summed E-state index contributed by atoms with van der Waals surface area (Å²) in [6.07, 6.45) is -1.85. The highest BCUT2D eigenvalue weighted by Gasteiger charge is 2.30. The van der Waals surface area contributed by atoms with Gasteiger partial charge in [-0.3, -0.25) is 0 Å². The molecule has 2 nitrogen and oxygen atoms in total. The fourth-order valence-electron chi connectivity index (χ4n) is 2.45. The van der Waals surface area contributed by atoms with E-state index in [1.54, 1.807) is 6.07 Å². The Morgan fingerprint density at radius 2 is 1.95 bits per heavy atom. The van der Waals surface area contributed by atoms with E-state index in [0.29, 0.717) is 12.2 Å². The average Bonchev–Trinajstić information content (AvgIpc) is 2.40. The number of halogens is 3. The van der Waals surface area contributed by atoms with Crippen molar-refractivity contribution in [3.05, 3.63) is 29.8 Å². The van der Waals surface area contributed by atoms with Crippen LogP contribution < -0.4 is 5.32 Å². The van der Waals surface area contributed by atoms with E-state index < -0.39 is 11.7 Å². The first-order valence-corrected chi connectivity index (χ1v) is 7.08. The molecular weight excluding hydrogens is 265 g/mol. The molecule has 2 rings (SSSR count). The first-order valence-electron chi connectivity index (χ1n) is 7.08. The van der Waals surface area contributed by atoms with E-state index >= 15 is 0 Å². The van der Waals surface area contributed by atoms with Crippen LogP contribution in [0, 0.1) is 5.92 Å². The maximum atomic E-state index is 12.6. The van der Waals surface area contributed by atoms with Crippen LogP contribution in [0.1, 0.15) is 25.3 Å². The molecule has 1 saturated heterocycles. The van der Waals surface area contributed by atoms with E-state index in [1.807, 2.05) is 0 Å². The lowest BCUT2D eigenvalue weighted by molar-refractivity contribution is -0.137. The molecule has 0 saturated carbocycles. The van der Waals surface area contributed by atoms with Gasteiger partial charge in [0.05, 0.1) is 5.56 Å². The Labute approximate surface area is 118 Å². The van der Waals surface area contributed by atoms with Crippen LogP contribution in [0.15, 0.2) is 24.3 Å². The number of piperidine rings is 1. The predicted octanol–water partition coefficient (Wildman–Crippen LogP) is 3.85. The summed E-state index contributed by atoms with van der Waals surface area (Å²) in [4.78, 5) is 2.36. The lowest BCUT2D eigenvalue weighted by Crippen LogP contribution is -2.36. The van der Waals surface area contributed by atoms with E-state index in [-0.39, 0.29) is 0 Å². The average molecular weight is 286 g/mol. The smallest absolute Gasteiger partial charge is 0.384 e. The molecule has 112 valence electrons. The van der Waals surface area contributed by atoms with E-state index in [2.05, 4.69) is 17.1 Å². The van der Waals surface area contributed by atoms with Crippen LogP contribution in [-0.2, 0) is 6.18 Å². The van der Waals surface area contributed by atoms with Gasteiger partial charge in [-0.2, -0.15) is 13.2 Å². The van der Waals surface area contributed by atoms with Gasteiger partial charge in [-0.25, -0.2) is 0 Å². The highest BCUT2D eigenvalue weighted by Crippen LogP contribution is 2.30. The van der Waals surface area contributed by atoms with Crippen LogP contribution in [0.5, 0.6) is 0 Å². The van der Waals surface area contributed by atoms with E-state index in [9.17, 15) is 13.2 Å². The fraction of sp³-hybridized carbons (Fsp3) is 0.600. The van der Waals surface area contributed by atoms with Crippen molar-refractivity contribution in [2.75, 3.05) is 31.5 Å². The number of nitrogens with zero attached hydrogens (tertiary/aromatic N) is 1. The normalized spacial score (nSPS) is 18.2. The summed E-state index contributed by atoms with van der Waals surface area (Å²) in [5.41, 5.74) is -0.0699. The van der Waals surface area contributed by atoms with Crippen molar-refractivity contribution in [1.82, 2.24) is 4.90 Å². The van der Waals surface area contributed by atoms with Gasteiger partial charge in [0.1, 0.15) is 0 Å². The molecule has 0 atom stereocenters. The third-order valence-corrected chi connectivity index (χ3v) is 3.82.